The summed E-state index contributed by atoms with van der Waals surface area (Å²) in [6, 6.07) is 11.6. The summed E-state index contributed by atoms with van der Waals surface area (Å²) in [4.78, 5) is 38.6. The zero-order valence-electron chi connectivity index (χ0n) is 20.6. The Hall–Kier alpha value is -4.76. The minimum Gasteiger partial charge on any atom is -0.459 e. The Labute approximate surface area is 226 Å². The Morgan fingerprint density at radius 3 is 2.64 bits per heavy atom. The third kappa shape index (κ3) is 4.92. The number of fused-ring (bicyclic) bond motifs is 1. The summed E-state index contributed by atoms with van der Waals surface area (Å²) in [5, 5.41) is 12.6. The quantitative estimate of drug-likeness (QED) is 0.301. The molecule has 0 amide bonds. The molecule has 0 bridgehead atoms. The van der Waals surface area contributed by atoms with Gasteiger partial charge in [-0.3, -0.25) is 9.36 Å². The number of benzene rings is 2. The summed E-state index contributed by atoms with van der Waals surface area (Å²) in [6.07, 6.45) is 0.250. The molecule has 1 fully saturated rings. The number of anilines is 3. The van der Waals surface area contributed by atoms with E-state index in [1.165, 1.54) is 4.57 Å². The normalized spacial score (nSPS) is 17.2. The minimum atomic E-state index is -0.713. The number of nitrogens with zero attached hydrogens (tertiary/aromatic N) is 5. The van der Waals surface area contributed by atoms with Gasteiger partial charge in [-0.05, 0) is 31.2 Å². The SMILES string of the molecule is C[C@H](Nc1nc(N)nc(N)c1C#N)c1nc2c(Cl)cc(F)cc2c(=O)n1[C@H]1C[C@H](OC(=O)c2ccccc2)C1. The van der Waals surface area contributed by atoms with Crippen LogP contribution in [0.5, 0.6) is 0 Å². The van der Waals surface area contributed by atoms with Gasteiger partial charge in [-0.1, -0.05) is 29.8 Å². The van der Waals surface area contributed by atoms with Crippen molar-refractivity contribution in [3.63, 3.8) is 0 Å². The largest absolute Gasteiger partial charge is 0.459 e. The molecule has 1 aliphatic rings. The van der Waals surface area contributed by atoms with Gasteiger partial charge in [0.05, 0.1) is 27.5 Å². The number of carbonyl (C=O) groups excluding carboxylic acids is 1. The van der Waals surface area contributed by atoms with E-state index in [9.17, 15) is 19.2 Å². The molecule has 0 spiro atoms. The Bertz CT molecular complexity index is 1700. The number of halogens is 2. The number of nitrogens with two attached hydrogens (primary N) is 2. The van der Waals surface area contributed by atoms with E-state index in [-0.39, 0.29) is 44.9 Å². The molecule has 2 heterocycles. The molecule has 2 aromatic heterocycles. The summed E-state index contributed by atoms with van der Waals surface area (Å²) < 4.78 is 21.2. The third-order valence-corrected chi connectivity index (χ3v) is 6.76. The molecule has 0 aliphatic heterocycles. The average molecular weight is 549 g/mol. The number of nitriles is 1. The number of nitrogen functional groups attached to an aromatic ring is 2. The maximum atomic E-state index is 14.2. The molecule has 13 heteroatoms. The van der Waals surface area contributed by atoms with E-state index < -0.39 is 35.5 Å². The highest BCUT2D eigenvalue weighted by Gasteiger charge is 2.37. The first-order chi connectivity index (χ1) is 18.7. The molecule has 2 aromatic carbocycles. The van der Waals surface area contributed by atoms with Crippen molar-refractivity contribution in [1.82, 2.24) is 19.5 Å². The van der Waals surface area contributed by atoms with Crippen LogP contribution in [0.3, 0.4) is 0 Å². The van der Waals surface area contributed by atoms with Gasteiger partial charge in [0.15, 0.2) is 5.82 Å². The molecule has 0 saturated heterocycles. The number of aromatic nitrogens is 4. The van der Waals surface area contributed by atoms with Gasteiger partial charge in [-0.25, -0.2) is 14.2 Å². The summed E-state index contributed by atoms with van der Waals surface area (Å²) in [5.41, 5.74) is 11.6. The first-order valence-electron chi connectivity index (χ1n) is 11.9. The minimum absolute atomic E-state index is 0.00826. The highest BCUT2D eigenvalue weighted by molar-refractivity contribution is 6.35. The van der Waals surface area contributed by atoms with Crippen molar-refractivity contribution in [2.75, 3.05) is 16.8 Å². The van der Waals surface area contributed by atoms with Crippen molar-refractivity contribution < 1.29 is 13.9 Å². The summed E-state index contributed by atoms with van der Waals surface area (Å²) in [5.74, 6) is -1.08. The lowest BCUT2D eigenvalue weighted by Crippen LogP contribution is -2.42. The van der Waals surface area contributed by atoms with Crippen LogP contribution in [0.1, 0.15) is 53.6 Å². The van der Waals surface area contributed by atoms with Crippen LogP contribution in [0.2, 0.25) is 5.02 Å². The van der Waals surface area contributed by atoms with Crippen molar-refractivity contribution in [2.24, 2.45) is 0 Å². The predicted octanol–water partition coefficient (Wildman–Crippen LogP) is 3.75. The van der Waals surface area contributed by atoms with Gasteiger partial charge in [0.2, 0.25) is 5.95 Å². The molecule has 0 radical (unpaired) electrons. The molecule has 11 nitrogen and oxygen atoms in total. The standard InChI is InChI=1S/C26H22ClFN8O3/c1-12(32-22-18(11-29)21(30)34-26(31)35-22)23-33-20-17(7-14(28)8-19(20)27)24(37)36(23)15-9-16(10-15)39-25(38)13-5-3-2-4-6-13/h2-8,12,15-16H,9-10H2,1H3,(H5,30,31,32,34,35)/t12-,15-,16-/m0/s1. The first-order valence-corrected chi connectivity index (χ1v) is 12.3. The molecular formula is C26H22ClFN8O3. The van der Waals surface area contributed by atoms with Crippen LogP contribution in [0, 0.1) is 17.1 Å². The fourth-order valence-corrected chi connectivity index (χ4v) is 4.77. The van der Waals surface area contributed by atoms with E-state index in [4.69, 9.17) is 27.8 Å². The van der Waals surface area contributed by atoms with E-state index in [0.717, 1.165) is 12.1 Å². The number of carbonyl (C=O) groups is 1. The molecule has 4 aromatic rings. The highest BCUT2D eigenvalue weighted by atomic mass is 35.5. The average Bonchev–Trinajstić information content (AvgIpc) is 2.87. The van der Waals surface area contributed by atoms with E-state index in [0.29, 0.717) is 18.4 Å². The van der Waals surface area contributed by atoms with Gasteiger partial charge in [0.25, 0.3) is 5.56 Å². The molecule has 198 valence electrons. The summed E-state index contributed by atoms with van der Waals surface area (Å²) in [7, 11) is 0. The van der Waals surface area contributed by atoms with Crippen LogP contribution in [-0.4, -0.2) is 31.6 Å². The molecular weight excluding hydrogens is 527 g/mol. The molecule has 1 saturated carbocycles. The van der Waals surface area contributed by atoms with Crippen LogP contribution in [0.25, 0.3) is 10.9 Å². The van der Waals surface area contributed by atoms with Crippen LogP contribution in [-0.2, 0) is 4.74 Å². The van der Waals surface area contributed by atoms with Gasteiger partial charge in [-0.2, -0.15) is 15.2 Å². The predicted molar refractivity (Wildman–Crippen MR) is 142 cm³/mol. The number of ether oxygens (including phenoxy) is 1. The highest BCUT2D eigenvalue weighted by Crippen LogP contribution is 2.37. The Morgan fingerprint density at radius 1 is 1.23 bits per heavy atom. The lowest BCUT2D eigenvalue weighted by Gasteiger charge is -2.37. The van der Waals surface area contributed by atoms with Crippen LogP contribution >= 0.6 is 11.6 Å². The van der Waals surface area contributed by atoms with E-state index in [1.807, 2.05) is 6.07 Å². The second kappa shape index (κ2) is 10.2. The Balaban J connectivity index is 1.51. The molecule has 1 aliphatic carbocycles. The molecule has 1 atom stereocenters. The summed E-state index contributed by atoms with van der Waals surface area (Å²) in [6.45, 7) is 1.70. The number of esters is 1. The second-order valence-corrected chi connectivity index (χ2v) is 9.52. The number of hydrogen-bond donors (Lipinski definition) is 3. The van der Waals surface area contributed by atoms with Crippen molar-refractivity contribution in [3.8, 4) is 6.07 Å². The van der Waals surface area contributed by atoms with Gasteiger partial charge in [0.1, 0.15) is 35.2 Å². The molecule has 0 unspecified atom stereocenters. The van der Waals surface area contributed by atoms with Crippen molar-refractivity contribution in [3.05, 3.63) is 80.6 Å². The maximum absolute atomic E-state index is 14.2. The first kappa shape index (κ1) is 25.9. The maximum Gasteiger partial charge on any atom is 0.338 e. The zero-order valence-corrected chi connectivity index (χ0v) is 21.3. The Kier molecular flexibility index (Phi) is 6.76. The smallest absolute Gasteiger partial charge is 0.338 e. The zero-order chi connectivity index (χ0) is 27.8. The van der Waals surface area contributed by atoms with Gasteiger partial charge < -0.3 is 21.5 Å². The fourth-order valence-electron chi connectivity index (χ4n) is 4.52. The van der Waals surface area contributed by atoms with Crippen molar-refractivity contribution >= 4 is 46.1 Å². The number of hydrogen-bond acceptors (Lipinski definition) is 10. The monoisotopic (exact) mass is 548 g/mol. The topological polar surface area (TPSA) is 175 Å². The van der Waals surface area contributed by atoms with Crippen LogP contribution < -0.4 is 22.3 Å². The fraction of sp³-hybridized carbons (Fsp3) is 0.231. The second-order valence-electron chi connectivity index (χ2n) is 9.12. The molecule has 39 heavy (non-hydrogen) atoms. The lowest BCUT2D eigenvalue weighted by molar-refractivity contribution is -0.00915. The van der Waals surface area contributed by atoms with E-state index in [1.54, 1.807) is 37.3 Å². The van der Waals surface area contributed by atoms with E-state index in [2.05, 4.69) is 20.3 Å². The van der Waals surface area contributed by atoms with Crippen molar-refractivity contribution in [2.45, 2.75) is 38.0 Å². The lowest BCUT2D eigenvalue weighted by atomic mass is 9.88. The van der Waals surface area contributed by atoms with Gasteiger partial charge in [0, 0.05) is 18.9 Å². The van der Waals surface area contributed by atoms with Crippen molar-refractivity contribution in [1.29, 1.82) is 5.26 Å². The van der Waals surface area contributed by atoms with Crippen LogP contribution in [0.15, 0.2) is 47.3 Å². The number of rotatable bonds is 6. The Morgan fingerprint density at radius 2 is 1.95 bits per heavy atom. The molecule has 5 N–H and O–H groups in total. The summed E-state index contributed by atoms with van der Waals surface area (Å²) >= 11 is 6.25. The van der Waals surface area contributed by atoms with Gasteiger partial charge in [-0.15, -0.1) is 0 Å². The third-order valence-electron chi connectivity index (χ3n) is 6.48. The van der Waals surface area contributed by atoms with E-state index >= 15 is 0 Å². The molecule has 5 rings (SSSR count). The van der Waals surface area contributed by atoms with Gasteiger partial charge >= 0.3 is 5.97 Å². The number of nitrogens with one attached hydrogen (secondary N) is 1. The van der Waals surface area contributed by atoms with Crippen LogP contribution in [0.4, 0.5) is 22.0 Å².